The van der Waals surface area contributed by atoms with E-state index in [0.717, 1.165) is 21.1 Å². The minimum Gasteiger partial charge on any atom is -0.299 e. The van der Waals surface area contributed by atoms with E-state index in [1.165, 1.54) is 50.6 Å². The maximum Gasteiger partial charge on any atom is 0.287 e. The molecule has 2 aromatic carbocycles. The summed E-state index contributed by atoms with van der Waals surface area (Å²) in [6, 6.07) is 17.9. The van der Waals surface area contributed by atoms with E-state index < -0.39 is 11.8 Å². The number of carbonyl (C=O) groups excluding carboxylic acids is 4. The molecule has 0 unspecified atom stereocenters. The Morgan fingerprint density at radius 2 is 0.935 bits per heavy atom. The van der Waals surface area contributed by atoms with Gasteiger partial charge in [0.05, 0.1) is 0 Å². The maximum atomic E-state index is 13.7. The van der Waals surface area contributed by atoms with Crippen molar-refractivity contribution < 1.29 is 19.2 Å². The number of carbonyl (C=O) groups is 4. The van der Waals surface area contributed by atoms with Gasteiger partial charge >= 0.3 is 0 Å². The summed E-state index contributed by atoms with van der Waals surface area (Å²) in [5, 5.41) is 22.1. The fraction of sp³-hybridized carbons (Fsp3) is 0.167. The fourth-order valence-electron chi connectivity index (χ4n) is 4.38. The monoisotopic (exact) mass is 614 g/mol. The molecule has 0 radical (unpaired) electrons. The van der Waals surface area contributed by atoms with Crippen LogP contribution in [0.15, 0.2) is 119 Å². The lowest BCUT2D eigenvalue weighted by Gasteiger charge is -2.26. The van der Waals surface area contributed by atoms with Crippen molar-refractivity contribution in [2.24, 2.45) is 0 Å². The largest absolute Gasteiger partial charge is 0.299 e. The highest BCUT2D eigenvalue weighted by Gasteiger charge is 2.26. The summed E-state index contributed by atoms with van der Waals surface area (Å²) in [6.45, 7) is 9.99. The van der Waals surface area contributed by atoms with Gasteiger partial charge in [0.1, 0.15) is 23.3 Å². The molecule has 2 amide bonds. The number of benzene rings is 2. The van der Waals surface area contributed by atoms with Gasteiger partial charge < -0.3 is 0 Å². The molecule has 2 aromatic rings. The molecule has 1 aliphatic heterocycles. The SMILES string of the molecule is C/C1=C/C(C)=C(\C#N)C(=O)N(N/C=C/C(=O)c2ccc(C)cc2)/C(C)=C/C(C)=C(/C#N)C(=O)N1N/C=C\C(=O)c1ccc(C)cc1. The first-order chi connectivity index (χ1) is 21.9. The number of allylic oxidation sites excluding steroid dienone is 8. The average Bonchev–Trinajstić information content (AvgIpc) is 3.01. The first-order valence-corrected chi connectivity index (χ1v) is 14.2. The van der Waals surface area contributed by atoms with Gasteiger partial charge in [0.2, 0.25) is 0 Å². The first-order valence-electron chi connectivity index (χ1n) is 14.2. The van der Waals surface area contributed by atoms with Crippen LogP contribution in [0.3, 0.4) is 0 Å². The highest BCUT2D eigenvalue weighted by atomic mass is 16.2. The summed E-state index contributed by atoms with van der Waals surface area (Å²) in [5.41, 5.74) is 8.88. The van der Waals surface area contributed by atoms with Crippen LogP contribution in [-0.2, 0) is 9.59 Å². The van der Waals surface area contributed by atoms with E-state index in [1.807, 2.05) is 50.3 Å². The second kappa shape index (κ2) is 15.5. The van der Waals surface area contributed by atoms with Crippen LogP contribution in [0.1, 0.15) is 59.5 Å². The molecular weight excluding hydrogens is 580 g/mol. The molecule has 0 aromatic heterocycles. The number of hydrazine groups is 2. The number of ketones is 2. The van der Waals surface area contributed by atoms with Crippen molar-refractivity contribution in [1.29, 1.82) is 10.5 Å². The zero-order valence-electron chi connectivity index (χ0n) is 26.5. The third-order valence-corrected chi connectivity index (χ3v) is 6.95. The van der Waals surface area contributed by atoms with Gasteiger partial charge in [-0.25, -0.2) is 10.0 Å². The highest BCUT2D eigenvalue weighted by Crippen LogP contribution is 2.20. The van der Waals surface area contributed by atoms with Gasteiger partial charge in [-0.05, 0) is 64.8 Å². The predicted molar refractivity (Wildman–Crippen MR) is 173 cm³/mol. The van der Waals surface area contributed by atoms with Crippen molar-refractivity contribution in [1.82, 2.24) is 20.9 Å². The zero-order valence-corrected chi connectivity index (χ0v) is 26.5. The van der Waals surface area contributed by atoms with Gasteiger partial charge in [0.15, 0.2) is 11.6 Å². The maximum absolute atomic E-state index is 13.7. The Hall–Kier alpha value is -6.26. The van der Waals surface area contributed by atoms with Crippen molar-refractivity contribution in [2.75, 3.05) is 0 Å². The smallest absolute Gasteiger partial charge is 0.287 e. The van der Waals surface area contributed by atoms with Gasteiger partial charge in [-0.3, -0.25) is 30.0 Å². The molecule has 0 saturated heterocycles. The van der Waals surface area contributed by atoms with Crippen LogP contribution in [-0.4, -0.2) is 33.4 Å². The lowest BCUT2D eigenvalue weighted by Crippen LogP contribution is -2.41. The molecule has 0 fully saturated rings. The minimum absolute atomic E-state index is 0.225. The second-order valence-corrected chi connectivity index (χ2v) is 10.6. The Labute approximate surface area is 268 Å². The van der Waals surface area contributed by atoms with Crippen molar-refractivity contribution in [3.05, 3.63) is 141 Å². The molecule has 1 heterocycles. The van der Waals surface area contributed by atoms with Crippen molar-refractivity contribution in [3.63, 3.8) is 0 Å². The molecule has 1 aliphatic rings. The molecule has 2 N–H and O–H groups in total. The number of aryl methyl sites for hydroxylation is 2. The molecule has 0 bridgehead atoms. The van der Waals surface area contributed by atoms with Gasteiger partial charge in [-0.2, -0.15) is 10.5 Å². The molecular formula is C36H34N6O4. The van der Waals surface area contributed by atoms with Crippen molar-refractivity contribution >= 4 is 23.4 Å². The van der Waals surface area contributed by atoms with Crippen LogP contribution < -0.4 is 10.9 Å². The molecule has 3 rings (SSSR count). The predicted octanol–water partition coefficient (Wildman–Crippen LogP) is 5.56. The Morgan fingerprint density at radius 3 is 1.24 bits per heavy atom. The Kier molecular flexibility index (Phi) is 11.5. The van der Waals surface area contributed by atoms with Gasteiger partial charge in [-0.1, -0.05) is 59.7 Å². The van der Waals surface area contributed by atoms with Crippen LogP contribution in [0.4, 0.5) is 0 Å². The Bertz CT molecular complexity index is 1690. The summed E-state index contributed by atoms with van der Waals surface area (Å²) >= 11 is 0. The quantitative estimate of drug-likeness (QED) is 0.290. The molecule has 0 saturated carbocycles. The van der Waals surface area contributed by atoms with Gasteiger partial charge in [0.25, 0.3) is 11.8 Å². The number of nitriles is 2. The van der Waals surface area contributed by atoms with E-state index in [4.69, 9.17) is 0 Å². The second-order valence-electron chi connectivity index (χ2n) is 10.6. The van der Waals surface area contributed by atoms with Crippen LogP contribution in [0.5, 0.6) is 0 Å². The van der Waals surface area contributed by atoms with Crippen molar-refractivity contribution in [3.8, 4) is 12.1 Å². The van der Waals surface area contributed by atoms with E-state index in [2.05, 4.69) is 10.9 Å². The summed E-state index contributed by atoms with van der Waals surface area (Å²) in [4.78, 5) is 52.6. The summed E-state index contributed by atoms with van der Waals surface area (Å²) < 4.78 is 0. The molecule has 232 valence electrons. The number of hydrogen-bond donors (Lipinski definition) is 2. The van der Waals surface area contributed by atoms with Crippen LogP contribution in [0.2, 0.25) is 0 Å². The third kappa shape index (κ3) is 8.43. The molecule has 10 heteroatoms. The fourth-order valence-corrected chi connectivity index (χ4v) is 4.38. The summed E-state index contributed by atoms with van der Waals surface area (Å²) in [7, 11) is 0. The standard InChI is InChI=1S/C36H34N6O4/c1-23-7-11-29(12-8-23)33(43)15-17-39-41-27(5)19-25(3)32(22-38)36(46)42(28(6)20-26(4)31(21-37)35(41)45)40-18-16-34(44)30-13-9-24(2)10-14-30/h7-20,39-40H,1-6H3/b17-15-,18-16+,27-19-,28-20+,31-26-,32-25+. The Morgan fingerprint density at radius 1 is 0.609 bits per heavy atom. The van der Waals surface area contributed by atoms with Crippen LogP contribution >= 0.6 is 0 Å². The molecule has 10 nitrogen and oxygen atoms in total. The lowest BCUT2D eigenvalue weighted by molar-refractivity contribution is -0.127. The van der Waals surface area contributed by atoms with Crippen LogP contribution in [0, 0.1) is 36.5 Å². The number of hydrogen-bond acceptors (Lipinski definition) is 8. The summed E-state index contributed by atoms with van der Waals surface area (Å²) in [5.74, 6) is -2.08. The normalized spacial score (nSPS) is 20.2. The van der Waals surface area contributed by atoms with E-state index in [-0.39, 0.29) is 45.3 Å². The summed E-state index contributed by atoms with van der Waals surface area (Å²) in [6.07, 6.45) is 7.94. The zero-order chi connectivity index (χ0) is 34.0. The number of amides is 2. The number of rotatable bonds is 8. The number of nitrogens with zero attached hydrogens (tertiary/aromatic N) is 4. The Balaban J connectivity index is 2.01. The lowest BCUT2D eigenvalue weighted by atomic mass is 10.1. The highest BCUT2D eigenvalue weighted by molar-refractivity contribution is 6.05. The third-order valence-electron chi connectivity index (χ3n) is 6.95. The van der Waals surface area contributed by atoms with Crippen LogP contribution in [0.25, 0.3) is 0 Å². The first kappa shape index (κ1) is 34.2. The molecule has 0 spiro atoms. The minimum atomic E-state index is -0.730. The van der Waals surface area contributed by atoms with E-state index in [0.29, 0.717) is 11.1 Å². The van der Waals surface area contributed by atoms with E-state index >= 15 is 0 Å². The number of nitrogens with one attached hydrogen (secondary N) is 2. The van der Waals surface area contributed by atoms with E-state index in [1.54, 1.807) is 38.1 Å². The molecule has 0 aliphatic carbocycles. The average molecular weight is 615 g/mol. The van der Waals surface area contributed by atoms with Crippen molar-refractivity contribution in [2.45, 2.75) is 41.5 Å². The molecule has 46 heavy (non-hydrogen) atoms. The van der Waals surface area contributed by atoms with Gasteiger partial charge in [0, 0.05) is 47.1 Å². The topological polar surface area (TPSA) is 146 Å². The molecule has 0 atom stereocenters. The van der Waals surface area contributed by atoms with Gasteiger partial charge in [-0.15, -0.1) is 0 Å². The van der Waals surface area contributed by atoms with E-state index in [9.17, 15) is 29.7 Å².